The van der Waals surface area contributed by atoms with Crippen LogP contribution in [0.2, 0.25) is 0 Å². The molecule has 1 aromatic carbocycles. The smallest absolute Gasteiger partial charge is 0.270 e. The number of hydrogen-bond donors (Lipinski definition) is 2. The molecule has 6 heteroatoms. The van der Waals surface area contributed by atoms with Gasteiger partial charge in [0.05, 0.1) is 18.8 Å². The molecule has 0 radical (unpaired) electrons. The molecule has 0 aliphatic heterocycles. The molecule has 1 atom stereocenters. The number of benzene rings is 1. The molecule has 1 aliphatic carbocycles. The third-order valence-corrected chi connectivity index (χ3v) is 4.33. The fourth-order valence-electron chi connectivity index (χ4n) is 3.00. The molecular weight excluding hydrogens is 328 g/mol. The van der Waals surface area contributed by atoms with Crippen molar-refractivity contribution in [3.05, 3.63) is 66.1 Å². The van der Waals surface area contributed by atoms with E-state index in [1.165, 1.54) is 0 Å². The molecule has 1 fully saturated rings. The Labute approximate surface area is 152 Å². The van der Waals surface area contributed by atoms with Gasteiger partial charge in [0.1, 0.15) is 11.4 Å². The Kier molecular flexibility index (Phi) is 5.63. The Balaban J connectivity index is 1.78. The van der Waals surface area contributed by atoms with Crippen LogP contribution in [0.15, 0.2) is 65.4 Å². The number of carbonyl (C=O) groups excluding carboxylic acids is 1. The lowest BCUT2D eigenvalue weighted by Crippen LogP contribution is -2.41. The molecule has 0 spiro atoms. The maximum absolute atomic E-state index is 12.4. The topological polar surface area (TPSA) is 89.6 Å². The van der Waals surface area contributed by atoms with Crippen molar-refractivity contribution in [3.8, 4) is 5.75 Å². The number of pyridine rings is 1. The normalized spacial score (nSPS) is 20.1. The van der Waals surface area contributed by atoms with E-state index in [9.17, 15) is 4.79 Å². The van der Waals surface area contributed by atoms with E-state index in [1.807, 2.05) is 24.3 Å². The average Bonchev–Trinajstić information content (AvgIpc) is 2.69. The van der Waals surface area contributed by atoms with Crippen LogP contribution < -0.4 is 15.8 Å². The van der Waals surface area contributed by atoms with Gasteiger partial charge in [-0.1, -0.05) is 6.07 Å². The van der Waals surface area contributed by atoms with Crippen LogP contribution in [0.3, 0.4) is 0 Å². The van der Waals surface area contributed by atoms with Gasteiger partial charge in [0.15, 0.2) is 0 Å². The van der Waals surface area contributed by atoms with Crippen LogP contribution >= 0.6 is 0 Å². The standard InChI is InChI=1S/C20H22N4O2/c1-26-15-10-8-14(9-11-15)23-17-6-4-7-18(16(17)13-21)24-20(25)19-5-2-3-12-22-19/h2-3,5,8-13,18H,4,6-7,21H2,1H3,(H,24,25)/b16-13+,23-17?. The predicted octanol–water partition coefficient (Wildman–Crippen LogP) is 2.99. The number of methoxy groups -OCH3 is 1. The third-order valence-electron chi connectivity index (χ3n) is 4.33. The number of aromatic nitrogens is 1. The second kappa shape index (κ2) is 8.29. The first-order valence-corrected chi connectivity index (χ1v) is 8.57. The molecule has 3 rings (SSSR count). The molecule has 2 aromatic rings. The fraction of sp³-hybridized carbons (Fsp3) is 0.250. The lowest BCUT2D eigenvalue weighted by Gasteiger charge is -2.27. The summed E-state index contributed by atoms with van der Waals surface area (Å²) in [6.07, 6.45) is 5.73. The number of rotatable bonds is 4. The highest BCUT2D eigenvalue weighted by Crippen LogP contribution is 2.26. The SMILES string of the molecule is COc1ccc(N=C2CCCC(NC(=O)c3ccccn3)/C2=C/N)cc1. The van der Waals surface area contributed by atoms with Crippen molar-refractivity contribution in [2.24, 2.45) is 10.7 Å². The highest BCUT2D eigenvalue weighted by atomic mass is 16.5. The second-order valence-corrected chi connectivity index (χ2v) is 6.01. The van der Waals surface area contributed by atoms with Gasteiger partial charge in [-0.05, 0) is 55.7 Å². The lowest BCUT2D eigenvalue weighted by molar-refractivity contribution is 0.0936. The number of nitrogens with one attached hydrogen (secondary N) is 1. The van der Waals surface area contributed by atoms with Crippen molar-refractivity contribution in [1.82, 2.24) is 10.3 Å². The number of nitrogens with zero attached hydrogens (tertiary/aromatic N) is 2. The Hall–Kier alpha value is -3.15. The van der Waals surface area contributed by atoms with Gasteiger partial charge in [0, 0.05) is 23.7 Å². The Morgan fingerprint density at radius 2 is 2.12 bits per heavy atom. The fourth-order valence-corrected chi connectivity index (χ4v) is 3.00. The summed E-state index contributed by atoms with van der Waals surface area (Å²) in [7, 11) is 1.63. The molecule has 0 saturated heterocycles. The van der Waals surface area contributed by atoms with E-state index in [-0.39, 0.29) is 11.9 Å². The molecule has 26 heavy (non-hydrogen) atoms. The minimum Gasteiger partial charge on any atom is -0.497 e. The number of amides is 1. The first-order chi connectivity index (χ1) is 12.7. The number of carbonyl (C=O) groups is 1. The van der Waals surface area contributed by atoms with E-state index < -0.39 is 0 Å². The van der Waals surface area contributed by atoms with E-state index in [1.54, 1.807) is 37.7 Å². The van der Waals surface area contributed by atoms with E-state index >= 15 is 0 Å². The van der Waals surface area contributed by atoms with Gasteiger partial charge in [0.2, 0.25) is 0 Å². The average molecular weight is 350 g/mol. The summed E-state index contributed by atoms with van der Waals surface area (Å²) < 4.78 is 5.17. The first-order valence-electron chi connectivity index (χ1n) is 8.57. The molecule has 6 nitrogen and oxygen atoms in total. The van der Waals surface area contributed by atoms with Gasteiger partial charge in [-0.25, -0.2) is 0 Å². The van der Waals surface area contributed by atoms with Crippen LogP contribution in [0.5, 0.6) is 5.75 Å². The first kappa shape index (κ1) is 17.7. The molecule has 3 N–H and O–H groups in total. The maximum Gasteiger partial charge on any atom is 0.270 e. The molecule has 1 heterocycles. The molecule has 1 unspecified atom stereocenters. The number of ether oxygens (including phenoxy) is 1. The third kappa shape index (κ3) is 4.08. The zero-order valence-corrected chi connectivity index (χ0v) is 14.7. The van der Waals surface area contributed by atoms with E-state index in [4.69, 9.17) is 15.5 Å². The Morgan fingerprint density at radius 3 is 2.77 bits per heavy atom. The van der Waals surface area contributed by atoms with Gasteiger partial charge in [-0.15, -0.1) is 0 Å². The molecule has 1 aromatic heterocycles. The Bertz CT molecular complexity index is 813. The molecule has 1 amide bonds. The number of nitrogens with two attached hydrogens (primary N) is 1. The van der Waals surface area contributed by atoms with Gasteiger partial charge in [-0.3, -0.25) is 14.8 Å². The van der Waals surface area contributed by atoms with E-state index in [0.29, 0.717) is 5.69 Å². The van der Waals surface area contributed by atoms with Gasteiger partial charge < -0.3 is 15.8 Å². The maximum atomic E-state index is 12.4. The van der Waals surface area contributed by atoms with Crippen LogP contribution in [0, 0.1) is 0 Å². The van der Waals surface area contributed by atoms with Crippen LogP contribution in [-0.2, 0) is 0 Å². The van der Waals surface area contributed by atoms with Crippen LogP contribution in [0.4, 0.5) is 5.69 Å². The highest BCUT2D eigenvalue weighted by Gasteiger charge is 2.26. The monoisotopic (exact) mass is 350 g/mol. The largest absolute Gasteiger partial charge is 0.497 e. The second-order valence-electron chi connectivity index (χ2n) is 6.01. The van der Waals surface area contributed by atoms with Crippen LogP contribution in [-0.4, -0.2) is 29.8 Å². The van der Waals surface area contributed by atoms with Crippen molar-refractivity contribution < 1.29 is 9.53 Å². The molecular formula is C20H22N4O2. The van der Waals surface area contributed by atoms with Crippen molar-refractivity contribution in [3.63, 3.8) is 0 Å². The van der Waals surface area contributed by atoms with E-state index in [0.717, 1.165) is 42.0 Å². The summed E-state index contributed by atoms with van der Waals surface area (Å²) in [6, 6.07) is 12.6. The predicted molar refractivity (Wildman–Crippen MR) is 102 cm³/mol. The van der Waals surface area contributed by atoms with Crippen molar-refractivity contribution in [2.75, 3.05) is 7.11 Å². The Morgan fingerprint density at radius 1 is 1.31 bits per heavy atom. The summed E-state index contributed by atoms with van der Waals surface area (Å²) in [5.74, 6) is 0.577. The van der Waals surface area contributed by atoms with Crippen molar-refractivity contribution >= 4 is 17.3 Å². The summed E-state index contributed by atoms with van der Waals surface area (Å²) in [6.45, 7) is 0. The van der Waals surface area contributed by atoms with Gasteiger partial charge >= 0.3 is 0 Å². The molecule has 134 valence electrons. The number of aliphatic imine (C=N–C) groups is 1. The number of hydrogen-bond acceptors (Lipinski definition) is 5. The highest BCUT2D eigenvalue weighted by molar-refractivity contribution is 6.04. The minimum absolute atomic E-state index is 0.166. The molecule has 1 saturated carbocycles. The quantitative estimate of drug-likeness (QED) is 0.887. The van der Waals surface area contributed by atoms with Crippen molar-refractivity contribution in [2.45, 2.75) is 25.3 Å². The summed E-state index contributed by atoms with van der Waals surface area (Å²) in [5.41, 5.74) is 8.85. The lowest BCUT2D eigenvalue weighted by atomic mass is 9.88. The van der Waals surface area contributed by atoms with Gasteiger partial charge in [-0.2, -0.15) is 0 Å². The zero-order valence-electron chi connectivity index (χ0n) is 14.7. The van der Waals surface area contributed by atoms with Crippen LogP contribution in [0.25, 0.3) is 0 Å². The molecule has 1 aliphatic rings. The summed E-state index contributed by atoms with van der Waals surface area (Å²) in [5, 5.41) is 3.02. The van der Waals surface area contributed by atoms with Crippen LogP contribution in [0.1, 0.15) is 29.8 Å². The zero-order chi connectivity index (χ0) is 18.4. The molecule has 0 bridgehead atoms. The van der Waals surface area contributed by atoms with E-state index in [2.05, 4.69) is 10.3 Å². The van der Waals surface area contributed by atoms with Crippen molar-refractivity contribution in [1.29, 1.82) is 0 Å². The summed E-state index contributed by atoms with van der Waals surface area (Å²) >= 11 is 0. The summed E-state index contributed by atoms with van der Waals surface area (Å²) in [4.78, 5) is 21.2. The minimum atomic E-state index is -0.208. The van der Waals surface area contributed by atoms with Gasteiger partial charge in [0.25, 0.3) is 5.91 Å².